The van der Waals surface area contributed by atoms with Crippen LogP contribution in [-0.2, 0) is 11.0 Å². The van der Waals surface area contributed by atoms with Gasteiger partial charge in [0, 0.05) is 17.9 Å². The number of para-hydroxylation sites is 1. The highest BCUT2D eigenvalue weighted by Gasteiger charge is 2.34. The van der Waals surface area contributed by atoms with E-state index >= 15 is 0 Å². The van der Waals surface area contributed by atoms with Gasteiger partial charge in [-0.2, -0.15) is 13.2 Å². The Hall–Kier alpha value is -3.01. The Kier molecular flexibility index (Phi) is 6.45. The molecule has 0 aliphatic rings. The molecule has 0 saturated heterocycles. The topological polar surface area (TPSA) is 36.7 Å². The second-order valence-corrected chi connectivity index (χ2v) is 6.50. The minimum absolute atomic E-state index is 0.0955. The van der Waals surface area contributed by atoms with Crippen molar-refractivity contribution in [1.82, 2.24) is 0 Å². The summed E-state index contributed by atoms with van der Waals surface area (Å²) in [4.78, 5) is 16.9. The van der Waals surface area contributed by atoms with E-state index in [0.717, 1.165) is 12.1 Å². The Morgan fingerprint density at radius 1 is 1.19 bits per heavy atom. The maximum Gasteiger partial charge on any atom is 0.407 e. The molecule has 0 atom stereocenters. The van der Waals surface area contributed by atoms with Gasteiger partial charge in [-0.25, -0.2) is 4.85 Å². The first-order valence-electron chi connectivity index (χ1n) is 8.39. The van der Waals surface area contributed by atoms with Crippen LogP contribution in [0.15, 0.2) is 48.5 Å². The van der Waals surface area contributed by atoms with E-state index in [-0.39, 0.29) is 24.1 Å². The molecule has 0 saturated carbocycles. The summed E-state index contributed by atoms with van der Waals surface area (Å²) in [5.74, 6) is -0.200. The van der Waals surface area contributed by atoms with Crippen molar-refractivity contribution < 1.29 is 18.0 Å². The largest absolute Gasteiger partial charge is 0.407 e. The van der Waals surface area contributed by atoms with Gasteiger partial charge >= 0.3 is 6.18 Å². The summed E-state index contributed by atoms with van der Waals surface area (Å²) in [5, 5.41) is 2.73. The zero-order valence-electron chi connectivity index (χ0n) is 15.0. The van der Waals surface area contributed by atoms with E-state index in [1.165, 1.54) is 6.07 Å². The van der Waals surface area contributed by atoms with Gasteiger partial charge in [0.05, 0.1) is 18.7 Å². The summed E-state index contributed by atoms with van der Waals surface area (Å²) in [5.41, 5.74) is -0.574. The van der Waals surface area contributed by atoms with Crippen LogP contribution in [0.2, 0.25) is 0 Å². The molecule has 0 heterocycles. The van der Waals surface area contributed by atoms with E-state index in [4.69, 9.17) is 6.57 Å². The summed E-state index contributed by atoms with van der Waals surface area (Å²) in [6.45, 7) is 11.1. The molecule has 0 bridgehead atoms. The van der Waals surface area contributed by atoms with Crippen molar-refractivity contribution >= 4 is 23.0 Å². The third-order valence-electron chi connectivity index (χ3n) is 3.75. The van der Waals surface area contributed by atoms with Crippen LogP contribution in [0, 0.1) is 12.5 Å². The predicted molar refractivity (Wildman–Crippen MR) is 99.8 cm³/mol. The second-order valence-electron chi connectivity index (χ2n) is 6.50. The van der Waals surface area contributed by atoms with Gasteiger partial charge in [0.1, 0.15) is 0 Å². The highest BCUT2D eigenvalue weighted by atomic mass is 19.4. The van der Waals surface area contributed by atoms with Crippen LogP contribution in [0.25, 0.3) is 4.85 Å². The fraction of sp³-hybridized carbons (Fsp3) is 0.300. The summed E-state index contributed by atoms with van der Waals surface area (Å²) in [7, 11) is 0. The number of hydrogen-bond acceptors (Lipinski definition) is 2. The quantitative estimate of drug-likeness (QED) is 0.691. The minimum atomic E-state index is -4.63. The second kappa shape index (κ2) is 8.58. The third kappa shape index (κ3) is 5.74. The molecule has 7 heteroatoms. The van der Waals surface area contributed by atoms with E-state index in [1.54, 1.807) is 29.2 Å². The van der Waals surface area contributed by atoms with E-state index in [2.05, 4.69) is 10.2 Å². The van der Waals surface area contributed by atoms with Crippen molar-refractivity contribution in [2.24, 2.45) is 5.92 Å². The number of hydrogen-bond donors (Lipinski definition) is 1. The van der Waals surface area contributed by atoms with Crippen LogP contribution in [-0.4, -0.2) is 19.0 Å². The van der Waals surface area contributed by atoms with Crippen molar-refractivity contribution in [2.45, 2.75) is 20.0 Å². The smallest absolute Gasteiger partial charge is 0.362 e. The van der Waals surface area contributed by atoms with Crippen LogP contribution >= 0.6 is 0 Å². The summed E-state index contributed by atoms with van der Waals surface area (Å²) in [6.07, 6.45) is -4.63. The molecule has 1 N–H and O–H groups in total. The average molecular weight is 375 g/mol. The van der Waals surface area contributed by atoms with Crippen molar-refractivity contribution in [3.05, 3.63) is 65.5 Å². The normalized spacial score (nSPS) is 11.1. The Bertz CT molecular complexity index is 827. The molecule has 2 aromatic rings. The van der Waals surface area contributed by atoms with Crippen molar-refractivity contribution in [2.75, 3.05) is 23.3 Å². The monoisotopic (exact) mass is 375 g/mol. The summed E-state index contributed by atoms with van der Waals surface area (Å²) >= 11 is 0. The Morgan fingerprint density at radius 2 is 1.85 bits per heavy atom. The van der Waals surface area contributed by atoms with Gasteiger partial charge < -0.3 is 10.2 Å². The molecular weight excluding hydrogens is 355 g/mol. The molecule has 0 aliphatic carbocycles. The first-order valence-corrected chi connectivity index (χ1v) is 8.39. The third-order valence-corrected chi connectivity index (χ3v) is 3.75. The fourth-order valence-electron chi connectivity index (χ4n) is 2.64. The number of benzene rings is 2. The minimum Gasteiger partial charge on any atom is -0.362 e. The van der Waals surface area contributed by atoms with Gasteiger partial charge in [0.25, 0.3) is 0 Å². The first-order chi connectivity index (χ1) is 12.7. The molecule has 142 valence electrons. The molecule has 0 fully saturated rings. The highest BCUT2D eigenvalue weighted by molar-refractivity contribution is 5.94. The SMILES string of the molecule is [C-]#[N+]c1ccc(N(CC(=O)Nc2ccccc2)CC(C)C)cc1C(F)(F)F. The van der Waals surface area contributed by atoms with E-state index in [1.807, 2.05) is 19.9 Å². The molecule has 4 nitrogen and oxygen atoms in total. The lowest BCUT2D eigenvalue weighted by atomic mass is 10.1. The zero-order chi connectivity index (χ0) is 20.0. The number of halogens is 3. The maximum atomic E-state index is 13.3. The number of alkyl halides is 3. The van der Waals surface area contributed by atoms with Crippen molar-refractivity contribution in [3.8, 4) is 0 Å². The predicted octanol–water partition coefficient (Wildman–Crippen LogP) is 5.36. The number of rotatable bonds is 6. The summed E-state index contributed by atoms with van der Waals surface area (Å²) < 4.78 is 39.8. The molecule has 0 spiro atoms. The van der Waals surface area contributed by atoms with E-state index < -0.39 is 17.4 Å². The fourth-order valence-corrected chi connectivity index (χ4v) is 2.64. The van der Waals surface area contributed by atoms with Crippen LogP contribution < -0.4 is 10.2 Å². The number of carbonyl (C=O) groups is 1. The Morgan fingerprint density at radius 3 is 2.41 bits per heavy atom. The number of carbonyl (C=O) groups excluding carboxylic acids is 1. The molecule has 0 unspecified atom stereocenters. The Labute approximate surface area is 156 Å². The molecule has 0 radical (unpaired) electrons. The molecule has 1 amide bonds. The first kappa shape index (κ1) is 20.3. The zero-order valence-corrected chi connectivity index (χ0v) is 15.0. The van der Waals surface area contributed by atoms with E-state index in [0.29, 0.717) is 12.2 Å². The standard InChI is InChI=1S/C20H20F3N3O/c1-14(2)12-26(13-19(27)25-15-7-5-4-6-8-15)16-9-10-18(24-3)17(11-16)20(21,22)23/h4-11,14H,12-13H2,1-2H3,(H,25,27). The van der Waals surface area contributed by atoms with Crippen LogP contribution in [0.5, 0.6) is 0 Å². The molecule has 27 heavy (non-hydrogen) atoms. The number of amides is 1. The van der Waals surface area contributed by atoms with E-state index in [9.17, 15) is 18.0 Å². The lowest BCUT2D eigenvalue weighted by Crippen LogP contribution is -2.36. The van der Waals surface area contributed by atoms with Gasteiger partial charge in [-0.05, 0) is 30.2 Å². The number of nitrogens with one attached hydrogen (secondary N) is 1. The van der Waals surface area contributed by atoms with Crippen molar-refractivity contribution in [1.29, 1.82) is 0 Å². The Balaban J connectivity index is 2.28. The molecular formula is C20H20F3N3O. The average Bonchev–Trinajstić information content (AvgIpc) is 2.60. The molecule has 0 aromatic heterocycles. The number of anilines is 2. The van der Waals surface area contributed by atoms with Crippen LogP contribution in [0.3, 0.4) is 0 Å². The number of nitrogens with zero attached hydrogens (tertiary/aromatic N) is 2. The molecule has 2 aromatic carbocycles. The van der Waals surface area contributed by atoms with Gasteiger partial charge in [0.15, 0.2) is 5.69 Å². The maximum absolute atomic E-state index is 13.3. The van der Waals surface area contributed by atoms with Crippen molar-refractivity contribution in [3.63, 3.8) is 0 Å². The lowest BCUT2D eigenvalue weighted by Gasteiger charge is -2.27. The van der Waals surface area contributed by atoms with Gasteiger partial charge in [-0.15, -0.1) is 0 Å². The summed E-state index contributed by atoms with van der Waals surface area (Å²) in [6, 6.07) is 12.4. The van der Waals surface area contributed by atoms with Crippen LogP contribution in [0.4, 0.5) is 30.2 Å². The van der Waals surface area contributed by atoms with Gasteiger partial charge in [-0.3, -0.25) is 4.79 Å². The van der Waals surface area contributed by atoms with Crippen LogP contribution in [0.1, 0.15) is 19.4 Å². The molecule has 0 aliphatic heterocycles. The van der Waals surface area contributed by atoms with Gasteiger partial charge in [-0.1, -0.05) is 38.1 Å². The molecule has 2 rings (SSSR count). The van der Waals surface area contributed by atoms with Gasteiger partial charge in [0.2, 0.25) is 5.91 Å². The lowest BCUT2D eigenvalue weighted by molar-refractivity contribution is -0.136. The highest BCUT2D eigenvalue weighted by Crippen LogP contribution is 2.38.